The molecule has 0 aliphatic heterocycles. The Bertz CT molecular complexity index is 1220. The van der Waals surface area contributed by atoms with E-state index in [1.807, 2.05) is 48.5 Å². The van der Waals surface area contributed by atoms with Crippen LogP contribution in [0.3, 0.4) is 0 Å². The van der Waals surface area contributed by atoms with E-state index in [2.05, 4.69) is 27.5 Å². The molecule has 0 saturated heterocycles. The molecule has 0 spiro atoms. The van der Waals surface area contributed by atoms with Crippen molar-refractivity contribution in [3.8, 4) is 28.8 Å². The van der Waals surface area contributed by atoms with Crippen LogP contribution in [0.15, 0.2) is 60.7 Å². The first kappa shape index (κ1) is 22.1. The van der Waals surface area contributed by atoms with Crippen molar-refractivity contribution in [2.45, 2.75) is 13.3 Å². The molecule has 4 aromatic rings. The topological polar surface area (TPSA) is 99.9 Å². The number of methoxy groups -OCH3 is 1. The van der Waals surface area contributed by atoms with Crippen LogP contribution in [-0.2, 0) is 11.2 Å². The number of amides is 1. The van der Waals surface area contributed by atoms with E-state index < -0.39 is 0 Å². The number of fused-ring (bicyclic) bond motifs is 1. The number of benzene rings is 2. The number of carbonyl (C=O) groups is 1. The fourth-order valence-corrected chi connectivity index (χ4v) is 3.21. The van der Waals surface area contributed by atoms with Crippen molar-refractivity contribution in [3.05, 3.63) is 66.2 Å². The van der Waals surface area contributed by atoms with Gasteiger partial charge in [0.25, 0.3) is 5.91 Å². The molecule has 0 bridgehead atoms. The molecule has 0 saturated carbocycles. The fourth-order valence-electron chi connectivity index (χ4n) is 3.21. The van der Waals surface area contributed by atoms with Crippen molar-refractivity contribution in [1.82, 2.24) is 25.1 Å². The number of nitrogens with one attached hydrogen (secondary N) is 1. The van der Waals surface area contributed by atoms with E-state index in [-0.39, 0.29) is 19.1 Å². The molecule has 0 aliphatic carbocycles. The standard InChI is InChI=1S/C24H25N5O4/c1-3-17-8-10-18(11-9-17)33-16-22(30)25-14-15-32-23-13-12-21-26-27-24(29(21)28-23)19-6-4-5-7-20(19)31-2/h4-13H,3,14-16H2,1-2H3,(H,25,30). The lowest BCUT2D eigenvalue weighted by molar-refractivity contribution is -0.123. The zero-order valence-corrected chi connectivity index (χ0v) is 18.5. The number of carbonyl (C=O) groups excluding carboxylic acids is 1. The highest BCUT2D eigenvalue weighted by Gasteiger charge is 2.14. The third-order valence-electron chi connectivity index (χ3n) is 4.96. The van der Waals surface area contributed by atoms with E-state index >= 15 is 0 Å². The second-order valence-electron chi connectivity index (χ2n) is 7.15. The van der Waals surface area contributed by atoms with Gasteiger partial charge in [0.2, 0.25) is 5.88 Å². The van der Waals surface area contributed by atoms with Crippen LogP contribution in [0.25, 0.3) is 17.0 Å². The molecule has 33 heavy (non-hydrogen) atoms. The molecule has 9 nitrogen and oxygen atoms in total. The Hall–Kier alpha value is -4.14. The lowest BCUT2D eigenvalue weighted by atomic mass is 10.2. The van der Waals surface area contributed by atoms with Crippen LogP contribution < -0.4 is 19.5 Å². The fraction of sp³-hybridized carbons (Fsp3) is 0.250. The average Bonchev–Trinajstić information content (AvgIpc) is 3.28. The van der Waals surface area contributed by atoms with Crippen LogP contribution in [0.2, 0.25) is 0 Å². The van der Waals surface area contributed by atoms with Crippen LogP contribution in [0.5, 0.6) is 17.4 Å². The Morgan fingerprint density at radius 1 is 1.00 bits per heavy atom. The maximum absolute atomic E-state index is 12.0. The molecule has 170 valence electrons. The largest absolute Gasteiger partial charge is 0.496 e. The van der Waals surface area contributed by atoms with Crippen LogP contribution in [0.4, 0.5) is 0 Å². The number of hydrogen-bond acceptors (Lipinski definition) is 7. The van der Waals surface area contributed by atoms with Crippen molar-refractivity contribution in [3.63, 3.8) is 0 Å². The lowest BCUT2D eigenvalue weighted by Crippen LogP contribution is -2.32. The quantitative estimate of drug-likeness (QED) is 0.373. The van der Waals surface area contributed by atoms with Gasteiger partial charge in [-0.1, -0.05) is 31.2 Å². The molecule has 0 fully saturated rings. The molecule has 2 aromatic heterocycles. The number of rotatable bonds is 10. The van der Waals surface area contributed by atoms with Gasteiger partial charge in [0.1, 0.15) is 18.1 Å². The Labute approximate surface area is 191 Å². The van der Waals surface area contributed by atoms with E-state index in [1.54, 1.807) is 23.8 Å². The third-order valence-corrected chi connectivity index (χ3v) is 4.96. The highest BCUT2D eigenvalue weighted by Crippen LogP contribution is 2.28. The maximum Gasteiger partial charge on any atom is 0.258 e. The van der Waals surface area contributed by atoms with Crippen LogP contribution >= 0.6 is 0 Å². The molecule has 9 heteroatoms. The molecule has 2 heterocycles. The normalized spacial score (nSPS) is 10.7. The first-order valence-corrected chi connectivity index (χ1v) is 10.6. The summed E-state index contributed by atoms with van der Waals surface area (Å²) < 4.78 is 18.2. The molecule has 0 radical (unpaired) electrons. The Balaban J connectivity index is 1.30. The summed E-state index contributed by atoms with van der Waals surface area (Å²) in [5.74, 6) is 2.05. The Morgan fingerprint density at radius 3 is 2.61 bits per heavy atom. The van der Waals surface area contributed by atoms with Gasteiger partial charge in [0.15, 0.2) is 18.1 Å². The predicted octanol–water partition coefficient (Wildman–Crippen LogP) is 2.94. The van der Waals surface area contributed by atoms with Gasteiger partial charge in [-0.25, -0.2) is 0 Å². The van der Waals surface area contributed by atoms with E-state index in [1.165, 1.54) is 5.56 Å². The van der Waals surface area contributed by atoms with E-state index in [0.717, 1.165) is 12.0 Å². The summed E-state index contributed by atoms with van der Waals surface area (Å²) in [6.07, 6.45) is 0.960. The van der Waals surface area contributed by atoms with Crippen LogP contribution in [0.1, 0.15) is 12.5 Å². The first-order chi connectivity index (χ1) is 16.2. The highest BCUT2D eigenvalue weighted by atomic mass is 16.5. The van der Waals surface area contributed by atoms with Crippen LogP contribution in [0, 0.1) is 0 Å². The van der Waals surface area contributed by atoms with Gasteiger partial charge >= 0.3 is 0 Å². The summed E-state index contributed by atoms with van der Waals surface area (Å²) in [5, 5.41) is 15.6. The van der Waals surface area contributed by atoms with Crippen molar-refractivity contribution in [2.75, 3.05) is 26.9 Å². The zero-order valence-electron chi connectivity index (χ0n) is 18.5. The second kappa shape index (κ2) is 10.4. The summed E-state index contributed by atoms with van der Waals surface area (Å²) in [6.45, 7) is 2.60. The molecular formula is C24H25N5O4. The number of hydrogen-bond donors (Lipinski definition) is 1. The van der Waals surface area contributed by atoms with Gasteiger partial charge < -0.3 is 19.5 Å². The summed E-state index contributed by atoms with van der Waals surface area (Å²) in [6, 6.07) is 18.7. The lowest BCUT2D eigenvalue weighted by Gasteiger charge is -2.09. The number of aryl methyl sites for hydroxylation is 1. The monoisotopic (exact) mass is 447 g/mol. The number of nitrogens with zero attached hydrogens (tertiary/aromatic N) is 4. The minimum atomic E-state index is -0.223. The van der Waals surface area contributed by atoms with Crippen molar-refractivity contribution in [2.24, 2.45) is 0 Å². The molecule has 1 N–H and O–H groups in total. The summed E-state index contributed by atoms with van der Waals surface area (Å²) in [5.41, 5.74) is 2.58. The summed E-state index contributed by atoms with van der Waals surface area (Å²) >= 11 is 0. The molecule has 2 aromatic carbocycles. The zero-order chi connectivity index (χ0) is 23.0. The molecule has 0 aliphatic rings. The predicted molar refractivity (Wildman–Crippen MR) is 123 cm³/mol. The maximum atomic E-state index is 12.0. The van der Waals surface area contributed by atoms with Gasteiger partial charge in [0, 0.05) is 6.07 Å². The minimum Gasteiger partial charge on any atom is -0.496 e. The Morgan fingerprint density at radius 2 is 1.82 bits per heavy atom. The number of ether oxygens (including phenoxy) is 3. The van der Waals surface area contributed by atoms with Crippen molar-refractivity contribution in [1.29, 1.82) is 0 Å². The average molecular weight is 447 g/mol. The van der Waals surface area contributed by atoms with Gasteiger partial charge in [0.05, 0.1) is 19.2 Å². The summed E-state index contributed by atoms with van der Waals surface area (Å²) in [4.78, 5) is 12.0. The van der Waals surface area contributed by atoms with Gasteiger partial charge in [-0.05, 0) is 42.3 Å². The molecular weight excluding hydrogens is 422 g/mol. The van der Waals surface area contributed by atoms with Gasteiger partial charge in [-0.3, -0.25) is 4.79 Å². The van der Waals surface area contributed by atoms with Gasteiger partial charge in [-0.15, -0.1) is 15.3 Å². The van der Waals surface area contributed by atoms with Crippen molar-refractivity contribution >= 4 is 11.6 Å². The number of para-hydroxylation sites is 1. The van der Waals surface area contributed by atoms with Crippen LogP contribution in [-0.4, -0.2) is 52.6 Å². The van der Waals surface area contributed by atoms with E-state index in [9.17, 15) is 4.79 Å². The summed E-state index contributed by atoms with van der Waals surface area (Å²) in [7, 11) is 1.60. The first-order valence-electron chi connectivity index (χ1n) is 10.6. The van der Waals surface area contributed by atoms with E-state index in [0.29, 0.717) is 35.4 Å². The van der Waals surface area contributed by atoms with Crippen molar-refractivity contribution < 1.29 is 19.0 Å². The number of aromatic nitrogens is 4. The third kappa shape index (κ3) is 5.38. The SMILES string of the molecule is CCc1ccc(OCC(=O)NCCOc2ccc3nnc(-c4ccccc4OC)n3n2)cc1. The molecule has 0 atom stereocenters. The molecule has 1 amide bonds. The Kier molecular flexibility index (Phi) is 6.99. The second-order valence-corrected chi connectivity index (χ2v) is 7.15. The van der Waals surface area contributed by atoms with Gasteiger partial charge in [-0.2, -0.15) is 4.52 Å². The molecule has 0 unspecified atom stereocenters. The smallest absolute Gasteiger partial charge is 0.258 e. The van der Waals surface area contributed by atoms with E-state index in [4.69, 9.17) is 14.2 Å². The highest BCUT2D eigenvalue weighted by molar-refractivity contribution is 5.77. The minimum absolute atomic E-state index is 0.0569. The molecule has 4 rings (SSSR count).